The van der Waals surface area contributed by atoms with E-state index in [4.69, 9.17) is 5.73 Å². The van der Waals surface area contributed by atoms with Gasteiger partial charge in [-0.2, -0.15) is 0 Å². The molecule has 1 aliphatic carbocycles. The number of primary amides is 1. The van der Waals surface area contributed by atoms with Gasteiger partial charge in [-0.25, -0.2) is 0 Å². The number of hydrogen-bond acceptors (Lipinski definition) is 6. The predicted molar refractivity (Wildman–Crippen MR) is 109 cm³/mol. The van der Waals surface area contributed by atoms with Crippen molar-refractivity contribution < 1.29 is 24.6 Å². The van der Waals surface area contributed by atoms with Gasteiger partial charge in [-0.05, 0) is 25.1 Å². The number of aliphatic hydroxyl groups excluding tert-OH is 2. The summed E-state index contributed by atoms with van der Waals surface area (Å²) in [6, 6.07) is 5.27. The summed E-state index contributed by atoms with van der Waals surface area (Å²) in [7, 11) is 1.62. The number of benzene rings is 1. The third-order valence-electron chi connectivity index (χ3n) is 5.82. The Balaban J connectivity index is 1.87. The van der Waals surface area contributed by atoms with E-state index in [9.17, 15) is 24.6 Å². The van der Waals surface area contributed by atoms with E-state index in [0.29, 0.717) is 6.42 Å². The largest absolute Gasteiger partial charge is 0.390 e. The first kappa shape index (κ1) is 21.9. The second kappa shape index (κ2) is 8.95. The molecule has 6 N–H and O–H groups in total. The van der Waals surface area contributed by atoms with Crippen LogP contribution < -0.4 is 16.4 Å². The van der Waals surface area contributed by atoms with Crippen molar-refractivity contribution in [1.29, 1.82) is 0 Å². The highest BCUT2D eigenvalue weighted by molar-refractivity contribution is 5.97. The summed E-state index contributed by atoms with van der Waals surface area (Å²) in [5, 5.41) is 26.0. The van der Waals surface area contributed by atoms with Crippen LogP contribution in [0.15, 0.2) is 35.9 Å². The van der Waals surface area contributed by atoms with E-state index in [-0.39, 0.29) is 24.4 Å². The fourth-order valence-electron chi connectivity index (χ4n) is 3.85. The molecule has 0 saturated heterocycles. The van der Waals surface area contributed by atoms with Crippen molar-refractivity contribution in [2.24, 2.45) is 5.73 Å². The van der Waals surface area contributed by atoms with Gasteiger partial charge in [0.1, 0.15) is 12.1 Å². The van der Waals surface area contributed by atoms with Crippen molar-refractivity contribution in [3.05, 3.63) is 47.0 Å². The number of nitrogens with zero attached hydrogens (tertiary/aromatic N) is 1. The number of rotatable bonds is 5. The lowest BCUT2D eigenvalue weighted by Gasteiger charge is -2.38. The number of hydrogen-bond donors (Lipinski definition) is 5. The van der Waals surface area contributed by atoms with Crippen LogP contribution in [-0.4, -0.2) is 70.2 Å². The van der Waals surface area contributed by atoms with Crippen LogP contribution in [0, 0.1) is 0 Å². The minimum Gasteiger partial charge on any atom is -0.390 e. The summed E-state index contributed by atoms with van der Waals surface area (Å²) in [5.74, 6) is -1.43. The minimum atomic E-state index is -1.25. The molecule has 1 aromatic carbocycles. The molecule has 0 fully saturated rings. The minimum absolute atomic E-state index is 0.0857. The lowest BCUT2D eigenvalue weighted by Crippen LogP contribution is -2.55. The van der Waals surface area contributed by atoms with E-state index >= 15 is 0 Å². The Morgan fingerprint density at radius 1 is 1.17 bits per heavy atom. The van der Waals surface area contributed by atoms with Gasteiger partial charge < -0.3 is 31.5 Å². The predicted octanol–water partition coefficient (Wildman–Crippen LogP) is -1.43. The Kier molecular flexibility index (Phi) is 6.55. The number of aliphatic hydroxyl groups is 2. The highest BCUT2D eigenvalue weighted by Crippen LogP contribution is 2.28. The van der Waals surface area contributed by atoms with Gasteiger partial charge in [0, 0.05) is 25.0 Å². The Bertz CT molecular complexity index is 871. The zero-order chi connectivity index (χ0) is 22.0. The van der Waals surface area contributed by atoms with Crippen LogP contribution in [0.4, 0.5) is 0 Å². The molecule has 0 bridgehead atoms. The van der Waals surface area contributed by atoms with Crippen LogP contribution in [-0.2, 0) is 27.3 Å². The molecule has 30 heavy (non-hydrogen) atoms. The van der Waals surface area contributed by atoms with Gasteiger partial charge in [0.2, 0.25) is 11.8 Å². The number of amides is 3. The first-order chi connectivity index (χ1) is 14.2. The average Bonchev–Trinajstić information content (AvgIpc) is 2.74. The summed E-state index contributed by atoms with van der Waals surface area (Å²) in [6.07, 6.45) is -0.789. The first-order valence-corrected chi connectivity index (χ1v) is 9.94. The monoisotopic (exact) mass is 416 g/mol. The lowest BCUT2D eigenvalue weighted by atomic mass is 9.87. The van der Waals surface area contributed by atoms with E-state index < -0.39 is 42.1 Å². The molecule has 162 valence electrons. The molecular formula is C21H28N4O5. The van der Waals surface area contributed by atoms with Gasteiger partial charge in [0.15, 0.2) is 0 Å². The lowest BCUT2D eigenvalue weighted by molar-refractivity contribution is -0.138. The molecule has 9 heteroatoms. The van der Waals surface area contributed by atoms with Gasteiger partial charge in [-0.1, -0.05) is 30.3 Å². The maximum absolute atomic E-state index is 13.3. The van der Waals surface area contributed by atoms with Crippen LogP contribution in [0.25, 0.3) is 0 Å². The van der Waals surface area contributed by atoms with Crippen LogP contribution in [0.1, 0.15) is 24.5 Å². The van der Waals surface area contributed by atoms with Gasteiger partial charge in [0.05, 0.1) is 18.2 Å². The zero-order valence-corrected chi connectivity index (χ0v) is 17.0. The van der Waals surface area contributed by atoms with Gasteiger partial charge in [-0.15, -0.1) is 0 Å². The van der Waals surface area contributed by atoms with Gasteiger partial charge >= 0.3 is 0 Å². The number of carbonyl (C=O) groups is 3. The van der Waals surface area contributed by atoms with Gasteiger partial charge in [0.25, 0.3) is 5.91 Å². The molecule has 9 nitrogen and oxygen atoms in total. The molecule has 1 aliphatic heterocycles. The van der Waals surface area contributed by atoms with Crippen molar-refractivity contribution >= 4 is 17.7 Å². The van der Waals surface area contributed by atoms with E-state index in [1.54, 1.807) is 14.0 Å². The number of carbonyl (C=O) groups excluding carboxylic acids is 3. The molecule has 3 rings (SSSR count). The van der Waals surface area contributed by atoms with Crippen molar-refractivity contribution in [3.8, 4) is 0 Å². The molecule has 2 aliphatic rings. The molecule has 0 saturated carbocycles. The topological polar surface area (TPSA) is 145 Å². The maximum Gasteiger partial charge on any atom is 0.250 e. The van der Waals surface area contributed by atoms with E-state index in [1.165, 1.54) is 11.0 Å². The molecule has 5 atom stereocenters. The highest BCUT2D eigenvalue weighted by Gasteiger charge is 2.39. The molecule has 3 amide bonds. The Hall–Kier alpha value is -2.75. The third kappa shape index (κ3) is 4.38. The van der Waals surface area contributed by atoms with Crippen LogP contribution in [0.3, 0.4) is 0 Å². The van der Waals surface area contributed by atoms with E-state index in [2.05, 4.69) is 10.6 Å². The standard InChI is InChI=1S/C21H28N4O5/c1-11(23-2)20(29)24-15-7-14(9-17(26)18(15)27)21(30)25-10-13-6-4-3-5-12(13)8-16(25)19(22)28/h3-7,11,15-18,23,26-27H,8-10H2,1-2H3,(H2,22,28)(H,24,29)/t11-,15+,16-,17+,18+/m0/s1. The van der Waals surface area contributed by atoms with Crippen LogP contribution >= 0.6 is 0 Å². The van der Waals surface area contributed by atoms with Crippen LogP contribution in [0.2, 0.25) is 0 Å². The summed E-state index contributed by atoms with van der Waals surface area (Å²) < 4.78 is 0. The zero-order valence-electron chi connectivity index (χ0n) is 17.0. The quantitative estimate of drug-likeness (QED) is 0.398. The number of nitrogens with one attached hydrogen (secondary N) is 2. The first-order valence-electron chi connectivity index (χ1n) is 9.94. The summed E-state index contributed by atoms with van der Waals surface area (Å²) in [6.45, 7) is 1.87. The van der Waals surface area contributed by atoms with Gasteiger partial charge in [-0.3, -0.25) is 14.4 Å². The van der Waals surface area contributed by atoms with E-state index in [0.717, 1.165) is 11.1 Å². The number of likely N-dealkylation sites (N-methyl/N-ethyl adjacent to an activating group) is 1. The highest BCUT2D eigenvalue weighted by atomic mass is 16.3. The number of nitrogens with two attached hydrogens (primary N) is 1. The smallest absolute Gasteiger partial charge is 0.250 e. The SMILES string of the molecule is CN[C@@H](C)C(=O)N[C@@H]1C=C(C(=O)N2Cc3ccccc3C[C@H]2C(N)=O)C[C@@H](O)[C@@H]1O. The summed E-state index contributed by atoms with van der Waals surface area (Å²) >= 11 is 0. The molecule has 0 radical (unpaired) electrons. The van der Waals surface area contributed by atoms with Crippen molar-refractivity contribution in [1.82, 2.24) is 15.5 Å². The molecule has 0 unspecified atom stereocenters. The number of fused-ring (bicyclic) bond motifs is 1. The molecule has 1 heterocycles. The Morgan fingerprint density at radius 3 is 2.47 bits per heavy atom. The second-order valence-corrected chi connectivity index (χ2v) is 7.82. The molecule has 0 spiro atoms. The fraction of sp³-hybridized carbons (Fsp3) is 0.476. The Morgan fingerprint density at radius 2 is 1.83 bits per heavy atom. The third-order valence-corrected chi connectivity index (χ3v) is 5.82. The van der Waals surface area contributed by atoms with Crippen molar-refractivity contribution in [2.75, 3.05) is 7.05 Å². The maximum atomic E-state index is 13.3. The van der Waals surface area contributed by atoms with E-state index in [1.807, 2.05) is 24.3 Å². The fourth-order valence-corrected chi connectivity index (χ4v) is 3.85. The molecule has 1 aromatic rings. The second-order valence-electron chi connectivity index (χ2n) is 7.82. The average molecular weight is 416 g/mol. The normalized spacial score (nSPS) is 26.9. The summed E-state index contributed by atoms with van der Waals surface area (Å²) in [5.41, 5.74) is 7.68. The van der Waals surface area contributed by atoms with Crippen molar-refractivity contribution in [2.45, 2.75) is 56.6 Å². The van der Waals surface area contributed by atoms with Crippen LogP contribution in [0.5, 0.6) is 0 Å². The van der Waals surface area contributed by atoms with Crippen molar-refractivity contribution in [3.63, 3.8) is 0 Å². The Labute approximate surface area is 174 Å². The summed E-state index contributed by atoms with van der Waals surface area (Å²) in [4.78, 5) is 38.9. The molecule has 0 aromatic heterocycles. The molecular weight excluding hydrogens is 388 g/mol.